The van der Waals surface area contributed by atoms with E-state index in [4.69, 9.17) is 10.4 Å². The highest BCUT2D eigenvalue weighted by molar-refractivity contribution is 9.10. The molecular formula is C13H14BrN3O4. The van der Waals surface area contributed by atoms with Gasteiger partial charge in [0.15, 0.2) is 0 Å². The third-order valence-electron chi connectivity index (χ3n) is 2.51. The second-order valence-corrected chi connectivity index (χ2v) is 5.54. The van der Waals surface area contributed by atoms with E-state index in [2.05, 4.69) is 26.6 Å². The predicted octanol–water partition coefficient (Wildman–Crippen LogP) is 1.67. The van der Waals surface area contributed by atoms with Gasteiger partial charge in [0.05, 0.1) is 29.3 Å². The van der Waals surface area contributed by atoms with E-state index in [-0.39, 0.29) is 6.54 Å². The van der Waals surface area contributed by atoms with Gasteiger partial charge in [-0.15, -0.1) is 0 Å². The summed E-state index contributed by atoms with van der Waals surface area (Å²) in [4.78, 5) is 22.2. The van der Waals surface area contributed by atoms with Crippen molar-refractivity contribution < 1.29 is 19.8 Å². The molecular weight excluding hydrogens is 342 g/mol. The summed E-state index contributed by atoms with van der Waals surface area (Å²) in [5.74, 6) is -1.16. The van der Waals surface area contributed by atoms with Crippen LogP contribution in [-0.4, -0.2) is 34.4 Å². The largest absolute Gasteiger partial charge is 0.481 e. The zero-order valence-corrected chi connectivity index (χ0v) is 12.8. The number of carboxylic acid groups (broad SMARTS) is 1. The van der Waals surface area contributed by atoms with E-state index in [0.29, 0.717) is 15.7 Å². The number of carboxylic acids is 1. The first-order chi connectivity index (χ1) is 9.73. The molecule has 7 nitrogen and oxygen atoms in total. The Balaban J connectivity index is 2.59. The lowest BCUT2D eigenvalue weighted by atomic mass is 10.0. The van der Waals surface area contributed by atoms with Gasteiger partial charge >= 0.3 is 12.0 Å². The van der Waals surface area contributed by atoms with Crippen molar-refractivity contribution in [2.75, 3.05) is 11.9 Å². The number of aliphatic carboxylic acids is 1. The van der Waals surface area contributed by atoms with Crippen molar-refractivity contribution >= 4 is 33.6 Å². The Morgan fingerprint density at radius 2 is 2.14 bits per heavy atom. The van der Waals surface area contributed by atoms with Gasteiger partial charge in [-0.2, -0.15) is 5.26 Å². The molecule has 0 aliphatic rings. The molecule has 8 heteroatoms. The van der Waals surface area contributed by atoms with E-state index in [9.17, 15) is 14.7 Å². The van der Waals surface area contributed by atoms with Crippen LogP contribution in [0.3, 0.4) is 0 Å². The minimum Gasteiger partial charge on any atom is -0.481 e. The third-order valence-corrected chi connectivity index (χ3v) is 3.16. The van der Waals surface area contributed by atoms with Crippen LogP contribution in [0.2, 0.25) is 0 Å². The lowest BCUT2D eigenvalue weighted by Gasteiger charge is -2.21. The van der Waals surface area contributed by atoms with Crippen LogP contribution < -0.4 is 10.6 Å². The molecule has 1 rings (SSSR count). The van der Waals surface area contributed by atoms with Crippen LogP contribution in [0.1, 0.15) is 18.9 Å². The van der Waals surface area contributed by atoms with Crippen molar-refractivity contribution in [2.45, 2.75) is 18.9 Å². The second-order valence-electron chi connectivity index (χ2n) is 4.68. The Labute approximate surface area is 129 Å². The number of nitrogens with zero attached hydrogens (tertiary/aromatic N) is 1. The number of carbonyl (C=O) groups is 2. The van der Waals surface area contributed by atoms with Crippen molar-refractivity contribution in [1.82, 2.24) is 5.32 Å². The third kappa shape index (κ3) is 5.81. The molecule has 1 aromatic carbocycles. The standard InChI is InChI=1S/C13H14BrN3O4/c1-13(21,5-11(18)19)7-16-12(20)17-10-3-2-8(6-15)4-9(10)14/h2-4,21H,5,7H2,1H3,(H,18,19)(H2,16,17,20). The molecule has 1 atom stereocenters. The zero-order chi connectivity index (χ0) is 16.0. The Morgan fingerprint density at radius 3 is 2.67 bits per heavy atom. The molecule has 1 aromatic rings. The summed E-state index contributed by atoms with van der Waals surface area (Å²) in [5, 5.41) is 32.0. The molecule has 0 aromatic heterocycles. The van der Waals surface area contributed by atoms with Gasteiger partial charge in [0.2, 0.25) is 0 Å². The molecule has 0 saturated heterocycles. The average molecular weight is 356 g/mol. The average Bonchev–Trinajstić information content (AvgIpc) is 2.37. The van der Waals surface area contributed by atoms with E-state index in [1.807, 2.05) is 6.07 Å². The first-order valence-electron chi connectivity index (χ1n) is 5.92. The molecule has 0 fully saturated rings. The fraction of sp³-hybridized carbons (Fsp3) is 0.308. The molecule has 4 N–H and O–H groups in total. The first kappa shape index (κ1) is 16.9. The van der Waals surface area contributed by atoms with Crippen LogP contribution in [0.4, 0.5) is 10.5 Å². The number of halogens is 1. The normalized spacial score (nSPS) is 12.9. The molecule has 0 saturated carbocycles. The van der Waals surface area contributed by atoms with Crippen LogP contribution in [0.5, 0.6) is 0 Å². The van der Waals surface area contributed by atoms with Gasteiger partial charge in [0.25, 0.3) is 0 Å². The Bertz CT molecular complexity index is 596. The fourth-order valence-electron chi connectivity index (χ4n) is 1.51. The molecule has 112 valence electrons. The van der Waals surface area contributed by atoms with Crippen LogP contribution in [0.25, 0.3) is 0 Å². The van der Waals surface area contributed by atoms with Crippen LogP contribution in [0, 0.1) is 11.3 Å². The minimum absolute atomic E-state index is 0.209. The van der Waals surface area contributed by atoms with Gasteiger partial charge in [0, 0.05) is 11.0 Å². The van der Waals surface area contributed by atoms with Crippen molar-refractivity contribution in [3.05, 3.63) is 28.2 Å². The van der Waals surface area contributed by atoms with Gasteiger partial charge in [-0.1, -0.05) is 0 Å². The second kappa shape index (κ2) is 7.06. The molecule has 0 radical (unpaired) electrons. The highest BCUT2D eigenvalue weighted by Crippen LogP contribution is 2.23. The highest BCUT2D eigenvalue weighted by atomic mass is 79.9. The number of anilines is 1. The molecule has 0 heterocycles. The van der Waals surface area contributed by atoms with Crippen LogP contribution in [-0.2, 0) is 4.79 Å². The number of benzene rings is 1. The summed E-state index contributed by atoms with van der Waals surface area (Å²) >= 11 is 3.22. The summed E-state index contributed by atoms with van der Waals surface area (Å²) < 4.78 is 0.536. The maximum absolute atomic E-state index is 11.7. The van der Waals surface area contributed by atoms with E-state index >= 15 is 0 Å². The number of hydrogen-bond donors (Lipinski definition) is 4. The van der Waals surface area contributed by atoms with Crippen molar-refractivity contribution in [2.24, 2.45) is 0 Å². The van der Waals surface area contributed by atoms with Gasteiger partial charge < -0.3 is 20.8 Å². The molecule has 21 heavy (non-hydrogen) atoms. The van der Waals surface area contributed by atoms with Gasteiger partial charge in [-0.25, -0.2) is 4.79 Å². The van der Waals surface area contributed by atoms with E-state index in [1.54, 1.807) is 18.2 Å². The van der Waals surface area contributed by atoms with Crippen molar-refractivity contribution in [1.29, 1.82) is 5.26 Å². The predicted molar refractivity (Wildman–Crippen MR) is 78.8 cm³/mol. The Morgan fingerprint density at radius 1 is 1.48 bits per heavy atom. The molecule has 0 aliphatic heterocycles. The number of urea groups is 1. The number of rotatable bonds is 5. The lowest BCUT2D eigenvalue weighted by molar-refractivity contribution is -0.141. The van der Waals surface area contributed by atoms with Crippen LogP contribution >= 0.6 is 15.9 Å². The monoisotopic (exact) mass is 355 g/mol. The molecule has 0 aliphatic carbocycles. The summed E-state index contributed by atoms with van der Waals surface area (Å²) in [6.45, 7) is 1.11. The maximum Gasteiger partial charge on any atom is 0.319 e. The number of nitrogens with one attached hydrogen (secondary N) is 2. The fourth-order valence-corrected chi connectivity index (χ4v) is 1.99. The Kier molecular flexibility index (Phi) is 5.69. The zero-order valence-electron chi connectivity index (χ0n) is 11.2. The van der Waals surface area contributed by atoms with Crippen molar-refractivity contribution in [3.63, 3.8) is 0 Å². The van der Waals surface area contributed by atoms with E-state index in [1.165, 1.54) is 6.92 Å². The van der Waals surface area contributed by atoms with Gasteiger partial charge in [-0.3, -0.25) is 4.79 Å². The van der Waals surface area contributed by atoms with Crippen molar-refractivity contribution in [3.8, 4) is 6.07 Å². The maximum atomic E-state index is 11.7. The van der Waals surface area contributed by atoms with E-state index in [0.717, 1.165) is 0 Å². The number of hydrogen-bond acceptors (Lipinski definition) is 4. The summed E-state index contributed by atoms with van der Waals surface area (Å²) in [7, 11) is 0. The number of nitriles is 1. The summed E-state index contributed by atoms with van der Waals surface area (Å²) in [6, 6.07) is 6.02. The minimum atomic E-state index is -1.54. The molecule has 2 amide bonds. The highest BCUT2D eigenvalue weighted by Gasteiger charge is 2.24. The first-order valence-corrected chi connectivity index (χ1v) is 6.71. The smallest absolute Gasteiger partial charge is 0.319 e. The van der Waals surface area contributed by atoms with Gasteiger partial charge in [0.1, 0.15) is 0 Å². The van der Waals surface area contributed by atoms with Crippen LogP contribution in [0.15, 0.2) is 22.7 Å². The summed E-state index contributed by atoms with van der Waals surface area (Å²) in [5.41, 5.74) is -0.646. The van der Waals surface area contributed by atoms with E-state index < -0.39 is 24.0 Å². The molecule has 1 unspecified atom stereocenters. The molecule has 0 bridgehead atoms. The SMILES string of the molecule is CC(O)(CNC(=O)Nc1ccc(C#N)cc1Br)CC(=O)O. The topological polar surface area (TPSA) is 122 Å². The quantitative estimate of drug-likeness (QED) is 0.639. The van der Waals surface area contributed by atoms with Gasteiger partial charge in [-0.05, 0) is 41.1 Å². The number of carbonyl (C=O) groups excluding carboxylic acids is 1. The number of amides is 2. The summed E-state index contributed by atoms with van der Waals surface area (Å²) in [6.07, 6.45) is -0.478. The lowest BCUT2D eigenvalue weighted by Crippen LogP contribution is -2.43. The Hall–Kier alpha value is -2.11. The molecule has 0 spiro atoms. The number of aliphatic hydroxyl groups is 1.